The normalized spacial score (nSPS) is 27.6. The van der Waals surface area contributed by atoms with Crippen LogP contribution in [0.3, 0.4) is 0 Å². The largest absolute Gasteiger partial charge is 0.384 e. The van der Waals surface area contributed by atoms with E-state index in [4.69, 9.17) is 4.74 Å². The summed E-state index contributed by atoms with van der Waals surface area (Å²) in [6.45, 7) is 8.07. The Morgan fingerprint density at radius 1 is 1.15 bits per heavy atom. The summed E-state index contributed by atoms with van der Waals surface area (Å²) < 4.78 is 5.36. The molecule has 2 unspecified atom stereocenters. The molecule has 3 heteroatoms. The van der Waals surface area contributed by atoms with Gasteiger partial charge in [0.15, 0.2) is 0 Å². The third-order valence-electron chi connectivity index (χ3n) is 5.15. The Labute approximate surface area is 125 Å². The van der Waals surface area contributed by atoms with Crippen molar-refractivity contribution in [2.45, 2.75) is 57.9 Å². The van der Waals surface area contributed by atoms with Gasteiger partial charge in [0.05, 0.1) is 6.61 Å². The van der Waals surface area contributed by atoms with Crippen molar-refractivity contribution in [3.8, 4) is 0 Å². The molecule has 118 valence electrons. The van der Waals surface area contributed by atoms with Crippen molar-refractivity contribution in [1.29, 1.82) is 0 Å². The molecule has 1 saturated heterocycles. The number of nitrogens with zero attached hydrogens (tertiary/aromatic N) is 1. The van der Waals surface area contributed by atoms with E-state index < -0.39 is 0 Å². The third-order valence-corrected chi connectivity index (χ3v) is 5.15. The van der Waals surface area contributed by atoms with Crippen molar-refractivity contribution in [2.75, 3.05) is 39.9 Å². The fourth-order valence-electron chi connectivity index (χ4n) is 4.15. The molecule has 1 aliphatic heterocycles. The van der Waals surface area contributed by atoms with E-state index in [1.165, 1.54) is 64.6 Å². The topological polar surface area (TPSA) is 24.5 Å². The van der Waals surface area contributed by atoms with Crippen LogP contribution in [-0.2, 0) is 4.74 Å². The van der Waals surface area contributed by atoms with Crippen LogP contribution in [0.25, 0.3) is 0 Å². The standard InChI is InChI=1S/C17H34N2O/c1-3-18-17(16-9-5-4-6-10-16)13-19-11-7-8-15(12-19)14-20-2/h15-18H,3-14H2,1-2H3. The van der Waals surface area contributed by atoms with Crippen molar-refractivity contribution >= 4 is 0 Å². The van der Waals surface area contributed by atoms with Crippen molar-refractivity contribution in [3.63, 3.8) is 0 Å². The molecule has 0 aromatic heterocycles. The molecule has 2 fully saturated rings. The van der Waals surface area contributed by atoms with Crippen LogP contribution >= 0.6 is 0 Å². The van der Waals surface area contributed by atoms with Gasteiger partial charge in [0.2, 0.25) is 0 Å². The molecule has 0 aromatic rings. The quantitative estimate of drug-likeness (QED) is 0.777. The van der Waals surface area contributed by atoms with Crippen molar-refractivity contribution < 1.29 is 4.74 Å². The maximum absolute atomic E-state index is 5.36. The summed E-state index contributed by atoms with van der Waals surface area (Å²) in [4.78, 5) is 2.69. The Hall–Kier alpha value is -0.120. The minimum absolute atomic E-state index is 0.710. The number of methoxy groups -OCH3 is 1. The molecule has 0 aromatic carbocycles. The Balaban J connectivity index is 1.83. The summed E-state index contributed by atoms with van der Waals surface area (Å²) in [6, 6.07) is 0.710. The fraction of sp³-hybridized carbons (Fsp3) is 1.00. The summed E-state index contributed by atoms with van der Waals surface area (Å²) in [6.07, 6.45) is 9.91. The van der Waals surface area contributed by atoms with E-state index in [9.17, 15) is 0 Å². The highest BCUT2D eigenvalue weighted by atomic mass is 16.5. The monoisotopic (exact) mass is 282 g/mol. The number of hydrogen-bond donors (Lipinski definition) is 1. The molecule has 0 radical (unpaired) electrons. The van der Waals surface area contributed by atoms with E-state index in [1.807, 2.05) is 7.11 Å². The Morgan fingerprint density at radius 2 is 1.95 bits per heavy atom. The molecule has 1 saturated carbocycles. The van der Waals surface area contributed by atoms with Gasteiger partial charge in [-0.2, -0.15) is 0 Å². The van der Waals surface area contributed by atoms with E-state index in [2.05, 4.69) is 17.1 Å². The second-order valence-electron chi connectivity index (χ2n) is 6.79. The minimum atomic E-state index is 0.710. The molecule has 2 aliphatic rings. The lowest BCUT2D eigenvalue weighted by molar-refractivity contribution is 0.0786. The van der Waals surface area contributed by atoms with Crippen LogP contribution in [0.2, 0.25) is 0 Å². The molecule has 3 nitrogen and oxygen atoms in total. The van der Waals surface area contributed by atoms with Gasteiger partial charge in [-0.1, -0.05) is 26.2 Å². The zero-order chi connectivity index (χ0) is 14.2. The highest BCUT2D eigenvalue weighted by Crippen LogP contribution is 2.27. The summed E-state index contributed by atoms with van der Waals surface area (Å²) in [5.74, 6) is 1.66. The van der Waals surface area contributed by atoms with Gasteiger partial charge in [0, 0.05) is 26.2 Å². The zero-order valence-corrected chi connectivity index (χ0v) is 13.6. The number of nitrogens with one attached hydrogen (secondary N) is 1. The predicted molar refractivity (Wildman–Crippen MR) is 85.1 cm³/mol. The molecular weight excluding hydrogens is 248 g/mol. The highest BCUT2D eigenvalue weighted by molar-refractivity contribution is 4.84. The number of hydrogen-bond acceptors (Lipinski definition) is 3. The van der Waals surface area contributed by atoms with Crippen LogP contribution in [0.15, 0.2) is 0 Å². The van der Waals surface area contributed by atoms with Gasteiger partial charge in [0.25, 0.3) is 0 Å². The molecule has 0 bridgehead atoms. The molecule has 1 heterocycles. The average Bonchev–Trinajstić information content (AvgIpc) is 2.48. The molecule has 1 N–H and O–H groups in total. The van der Waals surface area contributed by atoms with Crippen LogP contribution in [0.5, 0.6) is 0 Å². The van der Waals surface area contributed by atoms with Crippen LogP contribution in [0, 0.1) is 11.8 Å². The Kier molecular flexibility index (Phi) is 7.32. The molecule has 20 heavy (non-hydrogen) atoms. The lowest BCUT2D eigenvalue weighted by atomic mass is 9.83. The second kappa shape index (κ2) is 9.01. The van der Waals surface area contributed by atoms with Gasteiger partial charge in [-0.15, -0.1) is 0 Å². The van der Waals surface area contributed by atoms with Crippen molar-refractivity contribution in [3.05, 3.63) is 0 Å². The summed E-state index contributed by atoms with van der Waals surface area (Å²) >= 11 is 0. The highest BCUT2D eigenvalue weighted by Gasteiger charge is 2.27. The van der Waals surface area contributed by atoms with Crippen molar-refractivity contribution in [1.82, 2.24) is 10.2 Å². The zero-order valence-electron chi connectivity index (χ0n) is 13.6. The Bertz CT molecular complexity index is 251. The summed E-state index contributed by atoms with van der Waals surface area (Å²) in [5, 5.41) is 3.77. The van der Waals surface area contributed by atoms with Gasteiger partial charge in [-0.05, 0) is 50.6 Å². The van der Waals surface area contributed by atoms with Crippen LogP contribution < -0.4 is 5.32 Å². The molecular formula is C17H34N2O. The maximum Gasteiger partial charge on any atom is 0.0502 e. The maximum atomic E-state index is 5.36. The third kappa shape index (κ3) is 5.01. The number of ether oxygens (including phenoxy) is 1. The van der Waals surface area contributed by atoms with E-state index in [0.717, 1.165) is 25.0 Å². The number of piperidine rings is 1. The average molecular weight is 282 g/mol. The molecule has 0 amide bonds. The predicted octanol–water partition coefficient (Wildman–Crippen LogP) is 2.90. The first kappa shape index (κ1) is 16.3. The molecule has 2 rings (SSSR count). The van der Waals surface area contributed by atoms with Crippen LogP contribution in [-0.4, -0.2) is 50.8 Å². The second-order valence-corrected chi connectivity index (χ2v) is 6.79. The van der Waals surface area contributed by atoms with Crippen LogP contribution in [0.4, 0.5) is 0 Å². The first-order valence-electron chi connectivity index (χ1n) is 8.78. The molecule has 1 aliphatic carbocycles. The lowest BCUT2D eigenvalue weighted by Gasteiger charge is -2.38. The van der Waals surface area contributed by atoms with Gasteiger partial charge in [-0.25, -0.2) is 0 Å². The van der Waals surface area contributed by atoms with Crippen LogP contribution in [0.1, 0.15) is 51.9 Å². The SMILES string of the molecule is CCNC(CN1CCCC(COC)C1)C1CCCCC1. The van der Waals surface area contributed by atoms with E-state index in [0.29, 0.717) is 6.04 Å². The van der Waals surface area contributed by atoms with Gasteiger partial charge in [0.1, 0.15) is 0 Å². The summed E-state index contributed by atoms with van der Waals surface area (Å²) in [5.41, 5.74) is 0. The summed E-state index contributed by atoms with van der Waals surface area (Å²) in [7, 11) is 1.84. The fourth-order valence-corrected chi connectivity index (χ4v) is 4.15. The number of rotatable bonds is 7. The van der Waals surface area contributed by atoms with E-state index in [1.54, 1.807) is 0 Å². The molecule has 2 atom stereocenters. The Morgan fingerprint density at radius 3 is 2.65 bits per heavy atom. The first-order chi connectivity index (χ1) is 9.83. The van der Waals surface area contributed by atoms with E-state index in [-0.39, 0.29) is 0 Å². The van der Waals surface area contributed by atoms with Gasteiger partial charge in [-0.3, -0.25) is 0 Å². The lowest BCUT2D eigenvalue weighted by Crippen LogP contribution is -2.49. The van der Waals surface area contributed by atoms with Gasteiger partial charge < -0.3 is 15.0 Å². The number of likely N-dealkylation sites (tertiary alicyclic amines) is 1. The van der Waals surface area contributed by atoms with Crippen molar-refractivity contribution in [2.24, 2.45) is 11.8 Å². The van der Waals surface area contributed by atoms with Gasteiger partial charge >= 0.3 is 0 Å². The van der Waals surface area contributed by atoms with E-state index >= 15 is 0 Å². The minimum Gasteiger partial charge on any atom is -0.384 e. The number of likely N-dealkylation sites (N-methyl/N-ethyl adjacent to an activating group) is 1. The first-order valence-corrected chi connectivity index (χ1v) is 8.78. The molecule has 0 spiro atoms. The smallest absolute Gasteiger partial charge is 0.0502 e.